The summed E-state index contributed by atoms with van der Waals surface area (Å²) in [5.74, 6) is 0. The van der Waals surface area contributed by atoms with E-state index in [9.17, 15) is 23.3 Å². The molecule has 2 N–H and O–H groups in total. The zero-order valence-electron chi connectivity index (χ0n) is 10.5. The fourth-order valence-electron chi connectivity index (χ4n) is 2.20. The average Bonchev–Trinajstić information content (AvgIpc) is 2.88. The van der Waals surface area contributed by atoms with Gasteiger partial charge in [-0.15, -0.1) is 0 Å². The quantitative estimate of drug-likeness (QED) is 0.660. The Morgan fingerprint density at radius 3 is 2.75 bits per heavy atom. The van der Waals surface area contributed by atoms with Gasteiger partial charge in [0.2, 0.25) is 0 Å². The Labute approximate surface area is 113 Å². The van der Waals surface area contributed by atoms with Gasteiger partial charge in [0.1, 0.15) is 5.56 Å². The molecule has 1 heterocycles. The highest BCUT2D eigenvalue weighted by molar-refractivity contribution is 5.55. The SMILES string of the molecule is O=[N+]([O-])c1ccc(NCC2CCCN2)cc1C(F)(F)F. The van der Waals surface area contributed by atoms with Crippen molar-refractivity contribution < 1.29 is 18.1 Å². The number of rotatable bonds is 4. The fourth-order valence-corrected chi connectivity index (χ4v) is 2.20. The molecule has 0 amide bonds. The van der Waals surface area contributed by atoms with E-state index in [0.717, 1.165) is 31.5 Å². The monoisotopic (exact) mass is 289 g/mol. The van der Waals surface area contributed by atoms with Crippen molar-refractivity contribution in [2.24, 2.45) is 0 Å². The minimum atomic E-state index is -4.74. The van der Waals surface area contributed by atoms with Gasteiger partial charge in [0.05, 0.1) is 4.92 Å². The predicted octanol–water partition coefficient (Wildman–Crippen LogP) is 2.78. The number of nitrogens with zero attached hydrogens (tertiary/aromatic N) is 1. The first-order valence-electron chi connectivity index (χ1n) is 6.21. The third kappa shape index (κ3) is 3.38. The number of hydrogen-bond acceptors (Lipinski definition) is 4. The maximum Gasteiger partial charge on any atom is 0.423 e. The van der Waals surface area contributed by atoms with Gasteiger partial charge in [-0.25, -0.2) is 0 Å². The van der Waals surface area contributed by atoms with Crippen molar-refractivity contribution in [3.63, 3.8) is 0 Å². The van der Waals surface area contributed by atoms with E-state index in [1.165, 1.54) is 6.07 Å². The van der Waals surface area contributed by atoms with Crippen molar-refractivity contribution in [3.05, 3.63) is 33.9 Å². The van der Waals surface area contributed by atoms with Gasteiger partial charge in [-0.05, 0) is 31.5 Å². The lowest BCUT2D eigenvalue weighted by Gasteiger charge is -2.14. The van der Waals surface area contributed by atoms with Gasteiger partial charge in [0.25, 0.3) is 5.69 Å². The van der Waals surface area contributed by atoms with E-state index in [1.54, 1.807) is 0 Å². The molecule has 1 aliphatic heterocycles. The molecule has 0 saturated carbocycles. The maximum atomic E-state index is 12.8. The van der Waals surface area contributed by atoms with E-state index in [2.05, 4.69) is 10.6 Å². The molecule has 0 radical (unpaired) electrons. The molecule has 0 aliphatic carbocycles. The molecule has 1 aromatic rings. The van der Waals surface area contributed by atoms with Gasteiger partial charge in [0, 0.05) is 24.3 Å². The lowest BCUT2D eigenvalue weighted by Crippen LogP contribution is -2.29. The highest BCUT2D eigenvalue weighted by atomic mass is 19.4. The summed E-state index contributed by atoms with van der Waals surface area (Å²) in [5.41, 5.74) is -1.93. The summed E-state index contributed by atoms with van der Waals surface area (Å²) in [7, 11) is 0. The van der Waals surface area contributed by atoms with E-state index in [1.807, 2.05) is 0 Å². The second-order valence-corrected chi connectivity index (χ2v) is 4.66. The third-order valence-corrected chi connectivity index (χ3v) is 3.21. The molecule has 110 valence electrons. The van der Waals surface area contributed by atoms with Crippen LogP contribution in [0, 0.1) is 10.1 Å². The minimum Gasteiger partial charge on any atom is -0.383 e. The van der Waals surface area contributed by atoms with E-state index in [0.29, 0.717) is 6.54 Å². The number of nitrogens with one attached hydrogen (secondary N) is 2. The number of benzene rings is 1. The standard InChI is InChI=1S/C12H14F3N3O2/c13-12(14,15)10-6-8(3-4-11(10)18(19)20)17-7-9-2-1-5-16-9/h3-4,6,9,16-17H,1-2,5,7H2. The molecule has 1 aliphatic rings. The molecule has 2 rings (SSSR count). The van der Waals surface area contributed by atoms with Crippen LogP contribution in [-0.4, -0.2) is 24.1 Å². The molecule has 8 heteroatoms. The summed E-state index contributed by atoms with van der Waals surface area (Å²) >= 11 is 0. The van der Waals surface area contributed by atoms with Gasteiger partial charge < -0.3 is 10.6 Å². The van der Waals surface area contributed by atoms with Crippen LogP contribution in [0.5, 0.6) is 0 Å². The summed E-state index contributed by atoms with van der Waals surface area (Å²) in [5, 5.41) is 16.7. The van der Waals surface area contributed by atoms with Gasteiger partial charge in [-0.1, -0.05) is 0 Å². The Bertz CT molecular complexity index is 499. The first kappa shape index (κ1) is 14.6. The summed E-state index contributed by atoms with van der Waals surface area (Å²) in [6.07, 6.45) is -2.74. The number of alkyl halides is 3. The van der Waals surface area contributed by atoms with E-state index in [-0.39, 0.29) is 11.7 Å². The molecule has 1 saturated heterocycles. The molecule has 1 atom stereocenters. The topological polar surface area (TPSA) is 67.2 Å². The number of anilines is 1. The van der Waals surface area contributed by atoms with Crippen molar-refractivity contribution in [3.8, 4) is 0 Å². The normalized spacial score (nSPS) is 19.1. The Hall–Kier alpha value is -1.83. The lowest BCUT2D eigenvalue weighted by molar-refractivity contribution is -0.388. The van der Waals surface area contributed by atoms with Gasteiger partial charge in [0.15, 0.2) is 0 Å². The largest absolute Gasteiger partial charge is 0.423 e. The van der Waals surface area contributed by atoms with Crippen LogP contribution in [-0.2, 0) is 6.18 Å². The van der Waals surface area contributed by atoms with Crippen LogP contribution in [0.2, 0.25) is 0 Å². The molecular formula is C12H14F3N3O2. The summed E-state index contributed by atoms with van der Waals surface area (Å²) in [6, 6.07) is 3.18. The molecule has 0 bridgehead atoms. The zero-order valence-corrected chi connectivity index (χ0v) is 10.5. The van der Waals surface area contributed by atoms with E-state index in [4.69, 9.17) is 0 Å². The van der Waals surface area contributed by atoms with E-state index < -0.39 is 22.4 Å². The van der Waals surface area contributed by atoms with Crippen molar-refractivity contribution in [1.82, 2.24) is 5.32 Å². The second kappa shape index (κ2) is 5.66. The number of nitro benzene ring substituents is 1. The van der Waals surface area contributed by atoms with E-state index >= 15 is 0 Å². The summed E-state index contributed by atoms with van der Waals surface area (Å²) in [6.45, 7) is 1.40. The maximum absolute atomic E-state index is 12.8. The summed E-state index contributed by atoms with van der Waals surface area (Å²) < 4.78 is 38.4. The number of hydrogen-bond donors (Lipinski definition) is 2. The molecule has 20 heavy (non-hydrogen) atoms. The molecular weight excluding hydrogens is 275 g/mol. The van der Waals surface area contributed by atoms with Gasteiger partial charge >= 0.3 is 6.18 Å². The van der Waals surface area contributed by atoms with Crippen molar-refractivity contribution in [2.45, 2.75) is 25.1 Å². The van der Waals surface area contributed by atoms with Crippen LogP contribution >= 0.6 is 0 Å². The van der Waals surface area contributed by atoms with Crippen molar-refractivity contribution in [1.29, 1.82) is 0 Å². The highest BCUT2D eigenvalue weighted by Crippen LogP contribution is 2.37. The Balaban J connectivity index is 2.16. The molecule has 1 fully saturated rings. The second-order valence-electron chi connectivity index (χ2n) is 4.66. The first-order chi connectivity index (χ1) is 9.38. The number of halogens is 3. The van der Waals surface area contributed by atoms with Crippen LogP contribution in [0.15, 0.2) is 18.2 Å². The van der Waals surface area contributed by atoms with Crippen molar-refractivity contribution in [2.75, 3.05) is 18.4 Å². The fraction of sp³-hybridized carbons (Fsp3) is 0.500. The van der Waals surface area contributed by atoms with Gasteiger partial charge in [-0.2, -0.15) is 13.2 Å². The lowest BCUT2D eigenvalue weighted by atomic mass is 10.1. The minimum absolute atomic E-state index is 0.222. The van der Waals surface area contributed by atoms with Gasteiger partial charge in [-0.3, -0.25) is 10.1 Å². The highest BCUT2D eigenvalue weighted by Gasteiger charge is 2.38. The third-order valence-electron chi connectivity index (χ3n) is 3.21. The Morgan fingerprint density at radius 2 is 2.20 bits per heavy atom. The molecule has 1 aromatic carbocycles. The van der Waals surface area contributed by atoms with Crippen molar-refractivity contribution >= 4 is 11.4 Å². The first-order valence-corrected chi connectivity index (χ1v) is 6.21. The Kier molecular flexibility index (Phi) is 4.12. The zero-order chi connectivity index (χ0) is 14.8. The van der Waals surface area contributed by atoms with Crippen LogP contribution in [0.1, 0.15) is 18.4 Å². The van der Waals surface area contributed by atoms with Crippen LogP contribution in [0.25, 0.3) is 0 Å². The molecule has 5 nitrogen and oxygen atoms in total. The average molecular weight is 289 g/mol. The summed E-state index contributed by atoms with van der Waals surface area (Å²) in [4.78, 5) is 9.60. The predicted molar refractivity (Wildman–Crippen MR) is 67.6 cm³/mol. The Morgan fingerprint density at radius 1 is 1.45 bits per heavy atom. The van der Waals surface area contributed by atoms with Crippen LogP contribution in [0.4, 0.5) is 24.5 Å². The molecule has 1 unspecified atom stereocenters. The molecule has 0 aromatic heterocycles. The van der Waals surface area contributed by atoms with Crippen LogP contribution < -0.4 is 10.6 Å². The smallest absolute Gasteiger partial charge is 0.383 e. The molecule has 0 spiro atoms. The van der Waals surface area contributed by atoms with Crippen LogP contribution in [0.3, 0.4) is 0 Å². The number of nitro groups is 1.